The lowest BCUT2D eigenvalue weighted by Crippen LogP contribution is -2.57. The fraction of sp³-hybridized carbons (Fsp3) is 0.533. The van der Waals surface area contributed by atoms with Gasteiger partial charge in [-0.1, -0.05) is 37.3 Å². The third-order valence-electron chi connectivity index (χ3n) is 4.42. The van der Waals surface area contributed by atoms with Gasteiger partial charge in [-0.15, -0.1) is 0 Å². The van der Waals surface area contributed by atoms with E-state index in [1.807, 2.05) is 6.07 Å². The van der Waals surface area contributed by atoms with Gasteiger partial charge < -0.3 is 0 Å². The Morgan fingerprint density at radius 1 is 1.18 bits per heavy atom. The molecule has 0 aliphatic carbocycles. The summed E-state index contributed by atoms with van der Waals surface area (Å²) in [6.07, 6.45) is 2.16. The number of hydrogen-bond donors (Lipinski definition) is 0. The molecule has 2 bridgehead atoms. The molecule has 0 aromatic heterocycles. The summed E-state index contributed by atoms with van der Waals surface area (Å²) in [5.41, 5.74) is 1.29. The molecule has 3 saturated heterocycles. The van der Waals surface area contributed by atoms with Gasteiger partial charge in [0.1, 0.15) is 0 Å². The standard InChI is InChI=1S/C15H19NO/c1-11(12-5-3-2-4-6-12)14-15(17)13-7-9-16(14)10-8-13/h2-6,11,13-14H,7-10H2,1H3. The normalized spacial score (nSPS) is 33.7. The summed E-state index contributed by atoms with van der Waals surface area (Å²) < 4.78 is 0. The number of nitrogens with zero attached hydrogens (tertiary/aromatic N) is 1. The molecule has 3 heterocycles. The average Bonchev–Trinajstić information content (AvgIpc) is 2.40. The second-order valence-electron chi connectivity index (χ2n) is 5.36. The molecule has 1 aromatic rings. The van der Waals surface area contributed by atoms with E-state index in [1.165, 1.54) is 5.56 Å². The Balaban J connectivity index is 1.87. The number of Topliss-reactive ketones (excluding diaryl/α,β-unsaturated/α-hetero) is 1. The summed E-state index contributed by atoms with van der Waals surface area (Å²) in [7, 11) is 0. The van der Waals surface area contributed by atoms with Crippen molar-refractivity contribution in [2.75, 3.05) is 13.1 Å². The highest BCUT2D eigenvalue weighted by molar-refractivity contribution is 5.88. The zero-order chi connectivity index (χ0) is 11.8. The lowest BCUT2D eigenvalue weighted by Gasteiger charge is -2.46. The first kappa shape index (κ1) is 11.0. The van der Waals surface area contributed by atoms with E-state index in [-0.39, 0.29) is 6.04 Å². The molecule has 0 spiro atoms. The number of rotatable bonds is 2. The molecule has 0 amide bonds. The Labute approximate surface area is 103 Å². The molecule has 0 N–H and O–H groups in total. The van der Waals surface area contributed by atoms with Gasteiger partial charge in [0.15, 0.2) is 5.78 Å². The van der Waals surface area contributed by atoms with Crippen LogP contribution in [-0.4, -0.2) is 29.8 Å². The molecule has 0 saturated carbocycles. The van der Waals surface area contributed by atoms with Crippen molar-refractivity contribution in [1.29, 1.82) is 0 Å². The monoisotopic (exact) mass is 229 g/mol. The lowest BCUT2D eigenvalue weighted by atomic mass is 9.76. The number of carbonyl (C=O) groups is 1. The smallest absolute Gasteiger partial charge is 0.153 e. The molecule has 3 aliphatic rings. The van der Waals surface area contributed by atoms with Gasteiger partial charge in [-0.05, 0) is 31.5 Å². The molecule has 2 unspecified atom stereocenters. The second kappa shape index (κ2) is 4.26. The summed E-state index contributed by atoms with van der Waals surface area (Å²) in [4.78, 5) is 14.7. The third kappa shape index (κ3) is 1.81. The summed E-state index contributed by atoms with van der Waals surface area (Å²) >= 11 is 0. The van der Waals surface area contributed by atoms with Crippen LogP contribution in [-0.2, 0) is 4.79 Å². The van der Waals surface area contributed by atoms with Crippen molar-refractivity contribution in [1.82, 2.24) is 4.90 Å². The molecule has 2 nitrogen and oxygen atoms in total. The topological polar surface area (TPSA) is 20.3 Å². The number of hydrogen-bond acceptors (Lipinski definition) is 2. The number of fused-ring (bicyclic) bond motifs is 3. The third-order valence-corrected chi connectivity index (χ3v) is 4.42. The van der Waals surface area contributed by atoms with Crippen molar-refractivity contribution in [3.63, 3.8) is 0 Å². The van der Waals surface area contributed by atoms with E-state index in [1.54, 1.807) is 0 Å². The Morgan fingerprint density at radius 3 is 2.41 bits per heavy atom. The number of piperidine rings is 3. The fourth-order valence-electron chi connectivity index (χ4n) is 3.39. The molecule has 17 heavy (non-hydrogen) atoms. The van der Waals surface area contributed by atoms with Crippen molar-refractivity contribution >= 4 is 5.78 Å². The zero-order valence-corrected chi connectivity index (χ0v) is 10.3. The van der Waals surface area contributed by atoms with Crippen LogP contribution in [0.2, 0.25) is 0 Å². The van der Waals surface area contributed by atoms with Crippen LogP contribution in [0.25, 0.3) is 0 Å². The van der Waals surface area contributed by atoms with Crippen LogP contribution in [0.15, 0.2) is 30.3 Å². The molecule has 90 valence electrons. The van der Waals surface area contributed by atoms with Crippen molar-refractivity contribution < 1.29 is 4.79 Å². The van der Waals surface area contributed by atoms with Gasteiger partial charge in [-0.2, -0.15) is 0 Å². The second-order valence-corrected chi connectivity index (χ2v) is 5.36. The molecular weight excluding hydrogens is 210 g/mol. The number of ketones is 1. The molecule has 2 atom stereocenters. The first-order valence-electron chi connectivity index (χ1n) is 6.60. The average molecular weight is 229 g/mol. The minimum Gasteiger partial charge on any atom is -0.298 e. The van der Waals surface area contributed by atoms with Crippen LogP contribution < -0.4 is 0 Å². The minimum absolute atomic E-state index is 0.130. The summed E-state index contributed by atoms with van der Waals surface area (Å²) in [6.45, 7) is 4.41. The van der Waals surface area contributed by atoms with Crippen LogP contribution in [0.1, 0.15) is 31.2 Å². The first-order chi connectivity index (χ1) is 8.27. The van der Waals surface area contributed by atoms with Crippen LogP contribution >= 0.6 is 0 Å². The molecule has 1 aromatic carbocycles. The van der Waals surface area contributed by atoms with E-state index >= 15 is 0 Å². The fourth-order valence-corrected chi connectivity index (χ4v) is 3.39. The first-order valence-corrected chi connectivity index (χ1v) is 6.60. The van der Waals surface area contributed by atoms with Crippen LogP contribution in [0.3, 0.4) is 0 Å². The Kier molecular flexibility index (Phi) is 2.75. The highest BCUT2D eigenvalue weighted by Gasteiger charge is 2.43. The summed E-state index contributed by atoms with van der Waals surface area (Å²) in [6, 6.07) is 10.6. The van der Waals surface area contributed by atoms with Crippen LogP contribution in [0.4, 0.5) is 0 Å². The van der Waals surface area contributed by atoms with Crippen molar-refractivity contribution in [3.8, 4) is 0 Å². The molecule has 4 rings (SSSR count). The summed E-state index contributed by atoms with van der Waals surface area (Å²) in [5, 5.41) is 0. The van der Waals surface area contributed by atoms with Crippen molar-refractivity contribution in [2.45, 2.75) is 31.7 Å². The highest BCUT2D eigenvalue weighted by Crippen LogP contribution is 2.35. The SMILES string of the molecule is CC(c1ccccc1)C1C(=O)C2CCN1CC2. The van der Waals surface area contributed by atoms with Crippen LogP contribution in [0.5, 0.6) is 0 Å². The Hall–Kier alpha value is -1.15. The van der Waals surface area contributed by atoms with E-state index in [2.05, 4.69) is 36.1 Å². The highest BCUT2D eigenvalue weighted by atomic mass is 16.1. The van der Waals surface area contributed by atoms with Crippen molar-refractivity contribution in [2.24, 2.45) is 5.92 Å². The maximum atomic E-state index is 12.4. The summed E-state index contributed by atoms with van der Waals surface area (Å²) in [5.74, 6) is 1.15. The molecule has 0 radical (unpaired) electrons. The van der Waals surface area contributed by atoms with Gasteiger partial charge in [-0.3, -0.25) is 9.69 Å². The lowest BCUT2D eigenvalue weighted by molar-refractivity contribution is -0.137. The van der Waals surface area contributed by atoms with E-state index in [0.717, 1.165) is 25.9 Å². The van der Waals surface area contributed by atoms with Crippen LogP contribution in [0, 0.1) is 5.92 Å². The Morgan fingerprint density at radius 2 is 1.82 bits per heavy atom. The molecule has 3 aliphatic heterocycles. The predicted molar refractivity (Wildman–Crippen MR) is 67.9 cm³/mol. The largest absolute Gasteiger partial charge is 0.298 e. The van der Waals surface area contributed by atoms with Gasteiger partial charge in [0.25, 0.3) is 0 Å². The maximum absolute atomic E-state index is 12.4. The van der Waals surface area contributed by atoms with Crippen molar-refractivity contribution in [3.05, 3.63) is 35.9 Å². The van der Waals surface area contributed by atoms with E-state index < -0.39 is 0 Å². The van der Waals surface area contributed by atoms with Gasteiger partial charge in [0.05, 0.1) is 6.04 Å². The van der Waals surface area contributed by atoms with Gasteiger partial charge in [-0.25, -0.2) is 0 Å². The predicted octanol–water partition coefficient (Wildman–Crippen LogP) is 2.45. The van der Waals surface area contributed by atoms with Gasteiger partial charge in [0.2, 0.25) is 0 Å². The quantitative estimate of drug-likeness (QED) is 0.776. The van der Waals surface area contributed by atoms with Gasteiger partial charge in [0, 0.05) is 11.8 Å². The molecular formula is C15H19NO. The minimum atomic E-state index is 0.130. The van der Waals surface area contributed by atoms with Gasteiger partial charge >= 0.3 is 0 Å². The van der Waals surface area contributed by atoms with E-state index in [9.17, 15) is 4.79 Å². The van der Waals surface area contributed by atoms with E-state index in [4.69, 9.17) is 0 Å². The number of carbonyl (C=O) groups excluding carboxylic acids is 1. The van der Waals surface area contributed by atoms with E-state index in [0.29, 0.717) is 17.6 Å². The molecule has 2 heteroatoms. The molecule has 3 fully saturated rings. The Bertz CT molecular complexity index is 406. The zero-order valence-electron chi connectivity index (χ0n) is 10.3. The maximum Gasteiger partial charge on any atom is 0.153 e. The number of benzene rings is 1.